The predicted octanol–water partition coefficient (Wildman–Crippen LogP) is 2.19. The molecule has 0 aliphatic heterocycles. The number of thiophene rings is 1. The average molecular weight is 326 g/mol. The molecule has 8 heteroatoms. The maximum atomic E-state index is 12.4. The summed E-state index contributed by atoms with van der Waals surface area (Å²) in [7, 11) is -3.78. The lowest BCUT2D eigenvalue weighted by atomic mass is 10.2. The number of carbonyl (C=O) groups is 1. The van der Waals surface area contributed by atoms with Crippen molar-refractivity contribution in [2.75, 3.05) is 0 Å². The monoisotopic (exact) mass is 326 g/mol. The second kappa shape index (κ2) is 5.92. The van der Waals surface area contributed by atoms with Gasteiger partial charge in [0.15, 0.2) is 0 Å². The fraction of sp³-hybridized carbons (Fsp3) is 0.231. The highest BCUT2D eigenvalue weighted by molar-refractivity contribution is 7.89. The van der Waals surface area contributed by atoms with Crippen LogP contribution in [-0.4, -0.2) is 24.5 Å². The molecule has 2 rings (SSSR count). The molecular formula is C13H14N2O4S2. The zero-order valence-corrected chi connectivity index (χ0v) is 13.0. The normalized spacial score (nSPS) is 13.0. The van der Waals surface area contributed by atoms with Crippen LogP contribution in [-0.2, 0) is 10.0 Å². The SMILES string of the molecule is Cc1sc(C(=O)O)cc1S(=O)(=O)N[C@@H](C)c1cccnc1. The Morgan fingerprint density at radius 1 is 1.48 bits per heavy atom. The van der Waals surface area contributed by atoms with Crippen LogP contribution in [0.25, 0.3) is 0 Å². The molecule has 0 fully saturated rings. The number of hydrogen-bond donors (Lipinski definition) is 2. The lowest BCUT2D eigenvalue weighted by Crippen LogP contribution is -2.27. The first kappa shape index (κ1) is 15.6. The van der Waals surface area contributed by atoms with Crippen LogP contribution in [0.1, 0.15) is 33.1 Å². The van der Waals surface area contributed by atoms with Gasteiger partial charge in [-0.3, -0.25) is 4.98 Å². The molecule has 112 valence electrons. The van der Waals surface area contributed by atoms with Crippen LogP contribution in [0.3, 0.4) is 0 Å². The summed E-state index contributed by atoms with van der Waals surface area (Å²) in [5.41, 5.74) is 0.729. The highest BCUT2D eigenvalue weighted by atomic mass is 32.2. The first-order valence-corrected chi connectivity index (χ1v) is 8.37. The molecule has 2 N–H and O–H groups in total. The highest BCUT2D eigenvalue weighted by Crippen LogP contribution is 2.27. The van der Waals surface area contributed by atoms with Crippen molar-refractivity contribution in [3.63, 3.8) is 0 Å². The number of nitrogens with one attached hydrogen (secondary N) is 1. The van der Waals surface area contributed by atoms with Crippen molar-refractivity contribution < 1.29 is 18.3 Å². The molecule has 0 unspecified atom stereocenters. The Labute approximate surface area is 126 Å². The molecule has 1 atom stereocenters. The number of rotatable bonds is 5. The van der Waals surface area contributed by atoms with E-state index in [1.807, 2.05) is 0 Å². The van der Waals surface area contributed by atoms with E-state index in [-0.39, 0.29) is 9.77 Å². The summed E-state index contributed by atoms with van der Waals surface area (Å²) >= 11 is 0.941. The number of aromatic carboxylic acids is 1. The molecule has 0 radical (unpaired) electrons. The quantitative estimate of drug-likeness (QED) is 0.878. The van der Waals surface area contributed by atoms with E-state index in [9.17, 15) is 13.2 Å². The fourth-order valence-corrected chi connectivity index (χ4v) is 4.50. The molecule has 6 nitrogen and oxygen atoms in total. The summed E-state index contributed by atoms with van der Waals surface area (Å²) in [5.74, 6) is -1.13. The zero-order chi connectivity index (χ0) is 15.6. The minimum atomic E-state index is -3.78. The maximum absolute atomic E-state index is 12.4. The van der Waals surface area contributed by atoms with E-state index < -0.39 is 22.0 Å². The summed E-state index contributed by atoms with van der Waals surface area (Å²) in [6, 6.07) is 4.21. The van der Waals surface area contributed by atoms with Crippen LogP contribution in [0.4, 0.5) is 0 Å². The van der Waals surface area contributed by atoms with E-state index >= 15 is 0 Å². The van der Waals surface area contributed by atoms with Crippen LogP contribution in [0.15, 0.2) is 35.5 Å². The standard InChI is InChI=1S/C13H14N2O4S2/c1-8(10-4-3-5-14-7-10)15-21(18,19)12-6-11(13(16)17)20-9(12)2/h3-8,15H,1-2H3,(H,16,17)/t8-/m0/s1. The van der Waals surface area contributed by atoms with Gasteiger partial charge in [0.1, 0.15) is 4.88 Å². The topological polar surface area (TPSA) is 96.4 Å². The summed E-state index contributed by atoms with van der Waals surface area (Å²) < 4.78 is 27.2. The summed E-state index contributed by atoms with van der Waals surface area (Å²) in [6.45, 7) is 3.29. The third-order valence-electron chi connectivity index (χ3n) is 2.89. The van der Waals surface area contributed by atoms with Gasteiger partial charge in [0.25, 0.3) is 0 Å². The van der Waals surface area contributed by atoms with Crippen LogP contribution >= 0.6 is 11.3 Å². The summed E-state index contributed by atoms with van der Waals surface area (Å²) in [6.07, 6.45) is 3.18. The Bertz CT molecular complexity index is 754. The number of carboxylic acids is 1. The first-order chi connectivity index (χ1) is 9.81. The molecule has 0 saturated carbocycles. The van der Waals surface area contributed by atoms with E-state index in [1.54, 1.807) is 38.4 Å². The minimum absolute atomic E-state index is 0.000593. The van der Waals surface area contributed by atoms with Crippen molar-refractivity contribution in [1.82, 2.24) is 9.71 Å². The molecule has 0 bridgehead atoms. The molecule has 21 heavy (non-hydrogen) atoms. The number of aryl methyl sites for hydroxylation is 1. The molecule has 2 aromatic heterocycles. The van der Waals surface area contributed by atoms with Gasteiger partial charge in [-0.1, -0.05) is 6.07 Å². The van der Waals surface area contributed by atoms with Crippen LogP contribution in [0, 0.1) is 6.92 Å². The van der Waals surface area contributed by atoms with Crippen molar-refractivity contribution >= 4 is 27.3 Å². The number of sulfonamides is 1. The third kappa shape index (κ3) is 3.46. The summed E-state index contributed by atoms with van der Waals surface area (Å²) in [4.78, 5) is 15.3. The molecule has 0 saturated heterocycles. The van der Waals surface area contributed by atoms with Gasteiger partial charge in [-0.25, -0.2) is 17.9 Å². The molecule has 0 aromatic carbocycles. The number of pyridine rings is 1. The van der Waals surface area contributed by atoms with Gasteiger partial charge < -0.3 is 5.11 Å². The average Bonchev–Trinajstić information content (AvgIpc) is 2.82. The van der Waals surface area contributed by atoms with Crippen molar-refractivity contribution in [2.45, 2.75) is 24.8 Å². The Balaban J connectivity index is 2.29. The van der Waals surface area contributed by atoms with Crippen LogP contribution in [0.2, 0.25) is 0 Å². The lowest BCUT2D eigenvalue weighted by molar-refractivity contribution is 0.0702. The molecule has 0 aliphatic carbocycles. The van der Waals surface area contributed by atoms with Gasteiger partial charge >= 0.3 is 5.97 Å². The van der Waals surface area contributed by atoms with Crippen molar-refractivity contribution in [3.8, 4) is 0 Å². The Morgan fingerprint density at radius 3 is 2.71 bits per heavy atom. The first-order valence-electron chi connectivity index (χ1n) is 6.07. The second-order valence-corrected chi connectivity index (χ2v) is 7.40. The van der Waals surface area contributed by atoms with E-state index in [1.165, 1.54) is 6.07 Å². The van der Waals surface area contributed by atoms with Gasteiger partial charge in [-0.15, -0.1) is 11.3 Å². The van der Waals surface area contributed by atoms with Crippen molar-refractivity contribution in [1.29, 1.82) is 0 Å². The number of hydrogen-bond acceptors (Lipinski definition) is 5. The predicted molar refractivity (Wildman–Crippen MR) is 79.0 cm³/mol. The minimum Gasteiger partial charge on any atom is -0.477 e. The molecule has 0 aliphatic rings. The van der Waals surface area contributed by atoms with E-state index in [4.69, 9.17) is 5.11 Å². The van der Waals surface area contributed by atoms with E-state index in [0.717, 1.165) is 16.9 Å². The maximum Gasteiger partial charge on any atom is 0.345 e. The van der Waals surface area contributed by atoms with E-state index in [0.29, 0.717) is 4.88 Å². The largest absolute Gasteiger partial charge is 0.477 e. The zero-order valence-electron chi connectivity index (χ0n) is 11.4. The molecule has 2 heterocycles. The number of nitrogens with zero attached hydrogens (tertiary/aromatic N) is 1. The van der Waals surface area contributed by atoms with Crippen LogP contribution < -0.4 is 4.72 Å². The number of aromatic nitrogens is 1. The fourth-order valence-electron chi connectivity index (χ4n) is 1.83. The van der Waals surface area contributed by atoms with Gasteiger partial charge in [-0.2, -0.15) is 0 Å². The molecular weight excluding hydrogens is 312 g/mol. The van der Waals surface area contributed by atoms with Crippen molar-refractivity contribution in [2.24, 2.45) is 0 Å². The Kier molecular flexibility index (Phi) is 4.40. The van der Waals surface area contributed by atoms with Gasteiger partial charge in [0.2, 0.25) is 10.0 Å². The van der Waals surface area contributed by atoms with Gasteiger partial charge in [0.05, 0.1) is 4.90 Å². The number of carboxylic acid groups (broad SMARTS) is 1. The van der Waals surface area contributed by atoms with Gasteiger partial charge in [-0.05, 0) is 31.5 Å². The smallest absolute Gasteiger partial charge is 0.345 e. The van der Waals surface area contributed by atoms with E-state index in [2.05, 4.69) is 9.71 Å². The Morgan fingerprint density at radius 2 is 2.19 bits per heavy atom. The van der Waals surface area contributed by atoms with Gasteiger partial charge in [0, 0.05) is 23.3 Å². The Hall–Kier alpha value is -1.77. The summed E-state index contributed by atoms with van der Waals surface area (Å²) in [5, 5.41) is 8.94. The lowest BCUT2D eigenvalue weighted by Gasteiger charge is -2.13. The highest BCUT2D eigenvalue weighted by Gasteiger charge is 2.24. The van der Waals surface area contributed by atoms with Crippen molar-refractivity contribution in [3.05, 3.63) is 45.9 Å². The van der Waals surface area contributed by atoms with Crippen LogP contribution in [0.5, 0.6) is 0 Å². The molecule has 2 aromatic rings. The second-order valence-electron chi connectivity index (χ2n) is 4.47. The molecule has 0 amide bonds. The molecule has 0 spiro atoms. The third-order valence-corrected chi connectivity index (χ3v) is 5.72.